The molecule has 0 nitrogen and oxygen atoms in total. The second kappa shape index (κ2) is 9.00. The van der Waals surface area contributed by atoms with Crippen molar-refractivity contribution in [2.24, 2.45) is 5.92 Å². The molecule has 0 N–H and O–H groups in total. The molecule has 0 saturated heterocycles. The Kier molecular flexibility index (Phi) is 7.16. The zero-order valence-electron chi connectivity index (χ0n) is 19.5. The second-order valence-corrected chi connectivity index (χ2v) is 9.57. The maximum atomic E-state index is 3.28. The number of rotatable bonds is 6. The molecule has 0 radical (unpaired) electrons. The maximum absolute atomic E-state index is 3.28. The summed E-state index contributed by atoms with van der Waals surface area (Å²) in [6.07, 6.45) is 3.07. The van der Waals surface area contributed by atoms with Crippen molar-refractivity contribution in [1.82, 2.24) is 0 Å². The Morgan fingerprint density at radius 3 is 1.71 bits per heavy atom. The SMILES string of the molecule is CC#CCC(C)(C)c1c(C)cc(Cc2cc(C)c(CC(C)C)c(C)c2)cc1C. The average Bonchev–Trinajstić information content (AvgIpc) is 2.55. The maximum Gasteiger partial charge on any atom is 0.0181 e. The lowest BCUT2D eigenvalue weighted by molar-refractivity contribution is 0.535. The highest BCUT2D eigenvalue weighted by Crippen LogP contribution is 2.33. The Bertz CT molecular complexity index is 851. The Morgan fingerprint density at radius 1 is 0.821 bits per heavy atom. The van der Waals surface area contributed by atoms with Gasteiger partial charge in [0, 0.05) is 11.8 Å². The lowest BCUT2D eigenvalue weighted by atomic mass is 9.76. The molecule has 2 aromatic rings. The van der Waals surface area contributed by atoms with Gasteiger partial charge in [-0.05, 0) is 97.9 Å². The van der Waals surface area contributed by atoms with Gasteiger partial charge < -0.3 is 0 Å². The van der Waals surface area contributed by atoms with E-state index in [0.717, 1.165) is 12.8 Å². The molecule has 0 aliphatic rings. The molecular formula is C28H38. The number of hydrogen-bond donors (Lipinski definition) is 0. The first-order chi connectivity index (χ1) is 13.0. The van der Waals surface area contributed by atoms with Crippen LogP contribution in [0.1, 0.15) is 85.5 Å². The first-order valence-electron chi connectivity index (χ1n) is 10.6. The normalized spacial score (nSPS) is 11.5. The molecule has 2 rings (SSSR count). The topological polar surface area (TPSA) is 0 Å². The van der Waals surface area contributed by atoms with Crippen molar-refractivity contribution in [3.63, 3.8) is 0 Å². The van der Waals surface area contributed by atoms with Crippen LogP contribution in [0.15, 0.2) is 24.3 Å². The van der Waals surface area contributed by atoms with Crippen LogP contribution in [-0.4, -0.2) is 0 Å². The predicted molar refractivity (Wildman–Crippen MR) is 124 cm³/mol. The molecule has 0 spiro atoms. The van der Waals surface area contributed by atoms with Crippen molar-refractivity contribution < 1.29 is 0 Å². The summed E-state index contributed by atoms with van der Waals surface area (Å²) < 4.78 is 0. The van der Waals surface area contributed by atoms with Gasteiger partial charge in [0.15, 0.2) is 0 Å². The molecule has 150 valence electrons. The van der Waals surface area contributed by atoms with Gasteiger partial charge >= 0.3 is 0 Å². The van der Waals surface area contributed by atoms with Crippen LogP contribution in [0.2, 0.25) is 0 Å². The van der Waals surface area contributed by atoms with Gasteiger partial charge in [-0.1, -0.05) is 52.0 Å². The van der Waals surface area contributed by atoms with E-state index in [0.29, 0.717) is 5.92 Å². The van der Waals surface area contributed by atoms with E-state index in [2.05, 4.69) is 91.5 Å². The van der Waals surface area contributed by atoms with E-state index >= 15 is 0 Å². The van der Waals surface area contributed by atoms with E-state index in [1.54, 1.807) is 0 Å². The fourth-order valence-corrected chi connectivity index (χ4v) is 4.77. The Morgan fingerprint density at radius 2 is 1.29 bits per heavy atom. The highest BCUT2D eigenvalue weighted by molar-refractivity contribution is 5.46. The lowest BCUT2D eigenvalue weighted by Crippen LogP contribution is -2.19. The molecule has 2 aromatic carbocycles. The number of hydrogen-bond acceptors (Lipinski definition) is 0. The van der Waals surface area contributed by atoms with Gasteiger partial charge in [-0.2, -0.15) is 0 Å². The van der Waals surface area contributed by atoms with Crippen LogP contribution in [-0.2, 0) is 18.3 Å². The van der Waals surface area contributed by atoms with Gasteiger partial charge in [-0.25, -0.2) is 0 Å². The van der Waals surface area contributed by atoms with E-state index in [-0.39, 0.29) is 5.41 Å². The summed E-state index contributed by atoms with van der Waals surface area (Å²) >= 11 is 0. The summed E-state index contributed by atoms with van der Waals surface area (Å²) in [5.74, 6) is 7.03. The van der Waals surface area contributed by atoms with E-state index in [1.807, 2.05) is 6.92 Å². The van der Waals surface area contributed by atoms with Gasteiger partial charge in [0.1, 0.15) is 0 Å². The van der Waals surface area contributed by atoms with Crippen LogP contribution in [0.4, 0.5) is 0 Å². The largest absolute Gasteiger partial charge is 0.107 e. The predicted octanol–water partition coefficient (Wildman–Crippen LogP) is 7.40. The van der Waals surface area contributed by atoms with Crippen LogP contribution in [0, 0.1) is 45.5 Å². The quantitative estimate of drug-likeness (QED) is 0.462. The molecule has 0 aliphatic heterocycles. The molecule has 0 fully saturated rings. The zero-order chi connectivity index (χ0) is 21.1. The highest BCUT2D eigenvalue weighted by atomic mass is 14.3. The first-order valence-corrected chi connectivity index (χ1v) is 10.6. The third-order valence-corrected chi connectivity index (χ3v) is 5.75. The summed E-state index contributed by atoms with van der Waals surface area (Å²) in [6.45, 7) is 20.2. The third-order valence-electron chi connectivity index (χ3n) is 5.75. The zero-order valence-corrected chi connectivity index (χ0v) is 19.5. The van der Waals surface area contributed by atoms with Crippen LogP contribution < -0.4 is 0 Å². The molecule has 0 aromatic heterocycles. The van der Waals surface area contributed by atoms with Gasteiger partial charge in [-0.15, -0.1) is 11.8 Å². The molecule has 0 saturated carbocycles. The van der Waals surface area contributed by atoms with Gasteiger partial charge in [-0.3, -0.25) is 0 Å². The summed E-state index contributed by atoms with van der Waals surface area (Å²) in [5, 5.41) is 0. The molecule has 0 heterocycles. The van der Waals surface area contributed by atoms with Gasteiger partial charge in [0.2, 0.25) is 0 Å². The van der Waals surface area contributed by atoms with Crippen molar-refractivity contribution in [2.45, 2.75) is 87.0 Å². The van der Waals surface area contributed by atoms with Crippen molar-refractivity contribution in [3.8, 4) is 11.8 Å². The van der Waals surface area contributed by atoms with Crippen LogP contribution in [0.5, 0.6) is 0 Å². The number of benzene rings is 2. The van der Waals surface area contributed by atoms with E-state index < -0.39 is 0 Å². The Balaban J connectivity index is 2.34. The first kappa shape index (κ1) is 22.3. The van der Waals surface area contributed by atoms with E-state index in [9.17, 15) is 0 Å². The van der Waals surface area contributed by atoms with Crippen LogP contribution >= 0.6 is 0 Å². The minimum Gasteiger partial charge on any atom is -0.107 e. The minimum atomic E-state index is 0.0847. The summed E-state index contributed by atoms with van der Waals surface area (Å²) in [4.78, 5) is 0. The van der Waals surface area contributed by atoms with Crippen LogP contribution in [0.25, 0.3) is 0 Å². The molecule has 0 bridgehead atoms. The third kappa shape index (κ3) is 5.29. The molecule has 0 atom stereocenters. The molecule has 0 unspecified atom stereocenters. The standard InChI is InChI=1S/C28H38/c1-10-11-12-28(8,9)27-22(6)16-25(17-23(27)7)18-24-14-20(4)26(13-19(2)3)21(5)15-24/h14-17,19H,12-13,18H2,1-9H3. The van der Waals surface area contributed by atoms with Crippen LogP contribution in [0.3, 0.4) is 0 Å². The van der Waals surface area contributed by atoms with Crippen molar-refractivity contribution in [3.05, 3.63) is 68.8 Å². The molecular weight excluding hydrogens is 336 g/mol. The average molecular weight is 375 g/mol. The fraction of sp³-hybridized carbons (Fsp3) is 0.500. The monoisotopic (exact) mass is 374 g/mol. The number of aryl methyl sites for hydroxylation is 4. The highest BCUT2D eigenvalue weighted by Gasteiger charge is 2.24. The second-order valence-electron chi connectivity index (χ2n) is 9.57. The minimum absolute atomic E-state index is 0.0847. The van der Waals surface area contributed by atoms with Crippen molar-refractivity contribution in [2.75, 3.05) is 0 Å². The van der Waals surface area contributed by atoms with Crippen molar-refractivity contribution in [1.29, 1.82) is 0 Å². The van der Waals surface area contributed by atoms with Crippen molar-refractivity contribution >= 4 is 0 Å². The molecule has 0 aliphatic carbocycles. The molecule has 0 amide bonds. The lowest BCUT2D eigenvalue weighted by Gasteiger charge is -2.28. The summed E-state index contributed by atoms with van der Waals surface area (Å²) in [6, 6.07) is 9.56. The van der Waals surface area contributed by atoms with E-state index in [4.69, 9.17) is 0 Å². The van der Waals surface area contributed by atoms with Gasteiger partial charge in [0.05, 0.1) is 0 Å². The summed E-state index contributed by atoms with van der Waals surface area (Å²) in [7, 11) is 0. The Labute approximate surface area is 173 Å². The van der Waals surface area contributed by atoms with Gasteiger partial charge in [0.25, 0.3) is 0 Å². The van der Waals surface area contributed by atoms with E-state index in [1.165, 1.54) is 50.9 Å². The Hall–Kier alpha value is -2.00. The smallest absolute Gasteiger partial charge is 0.0181 e. The fourth-order valence-electron chi connectivity index (χ4n) is 4.77. The molecule has 28 heavy (non-hydrogen) atoms. The summed E-state index contributed by atoms with van der Waals surface area (Å²) in [5.41, 5.74) is 11.6. The molecule has 0 heteroatoms.